The number of rotatable bonds is 6. The Morgan fingerprint density at radius 1 is 0.750 bits per heavy atom. The van der Waals surface area contributed by atoms with Crippen molar-refractivity contribution in [1.82, 2.24) is 0 Å². The van der Waals surface area contributed by atoms with Crippen LogP contribution in [0, 0.1) is 0 Å². The van der Waals surface area contributed by atoms with E-state index < -0.39 is 30.0 Å². The molecule has 2 aromatic rings. The van der Waals surface area contributed by atoms with E-state index in [0.717, 1.165) is 12.1 Å². The molecule has 28 heavy (non-hydrogen) atoms. The lowest BCUT2D eigenvalue weighted by Gasteiger charge is -2.05. The van der Waals surface area contributed by atoms with Gasteiger partial charge in [0.1, 0.15) is 31.4 Å². The fraction of sp³-hybridized carbons (Fsp3) is 0. The topological polar surface area (TPSA) is 162 Å². The largest absolute Gasteiger partial charge is 0.296 e. The molecule has 0 aromatic heterocycles. The Labute approximate surface area is 160 Å². The van der Waals surface area contributed by atoms with E-state index in [1.807, 2.05) is 0 Å². The molecule has 0 amide bonds. The van der Waals surface area contributed by atoms with Crippen LogP contribution < -0.4 is 0 Å². The molecule has 10 nitrogen and oxygen atoms in total. The van der Waals surface area contributed by atoms with E-state index in [0.29, 0.717) is 0 Å². The summed E-state index contributed by atoms with van der Waals surface area (Å²) in [5.41, 5.74) is 0.379. The third-order valence-electron chi connectivity index (χ3n) is 3.36. The summed E-state index contributed by atoms with van der Waals surface area (Å²) in [4.78, 5) is 5.62. The highest BCUT2D eigenvalue weighted by Gasteiger charge is 2.18. The molecule has 0 bridgehead atoms. The Morgan fingerprint density at radius 3 is 1.39 bits per heavy atom. The van der Waals surface area contributed by atoms with Gasteiger partial charge in [0.05, 0.1) is 0 Å². The van der Waals surface area contributed by atoms with Gasteiger partial charge in [0.25, 0.3) is 33.7 Å². The lowest BCUT2D eigenvalue weighted by molar-refractivity contribution is -0.0634. The Morgan fingerprint density at radius 2 is 1.11 bits per heavy atom. The zero-order valence-electron chi connectivity index (χ0n) is 14.2. The Balaban J connectivity index is 2.63. The lowest BCUT2D eigenvalue weighted by atomic mass is 10.1. The quantitative estimate of drug-likeness (QED) is 0.239. The summed E-state index contributed by atoms with van der Waals surface area (Å²) in [5, 5.41) is 7.18. The molecule has 0 aliphatic heterocycles. The van der Waals surface area contributed by atoms with Crippen molar-refractivity contribution in [3.63, 3.8) is 0 Å². The van der Waals surface area contributed by atoms with E-state index in [4.69, 9.17) is 0 Å². The second-order valence-corrected chi connectivity index (χ2v) is 7.99. The van der Waals surface area contributed by atoms with Crippen LogP contribution in [0.15, 0.2) is 56.4 Å². The molecule has 2 rings (SSSR count). The first-order chi connectivity index (χ1) is 13.1. The number of hydrogen-bond donors (Lipinski definition) is 2. The molecule has 0 saturated heterocycles. The summed E-state index contributed by atoms with van der Waals surface area (Å²) in [6, 6.07) is 7.66. The molecule has 0 heterocycles. The van der Waals surface area contributed by atoms with Crippen molar-refractivity contribution in [2.45, 2.75) is 9.79 Å². The van der Waals surface area contributed by atoms with Crippen molar-refractivity contribution in [2.75, 3.05) is 0 Å². The molecule has 0 fully saturated rings. The van der Waals surface area contributed by atoms with E-state index in [1.165, 1.54) is 36.4 Å². The van der Waals surface area contributed by atoms with E-state index in [-0.39, 0.29) is 22.5 Å². The van der Waals surface area contributed by atoms with Gasteiger partial charge in [0, 0.05) is 9.58 Å². The van der Waals surface area contributed by atoms with Crippen molar-refractivity contribution < 1.29 is 35.5 Å². The number of benzene rings is 2. The molecule has 0 radical (unpaired) electrons. The maximum absolute atomic E-state index is 11.6. The monoisotopic (exact) mass is 422 g/mol. The van der Waals surface area contributed by atoms with Crippen LogP contribution in [0.5, 0.6) is 0 Å². The Hall–Kier alpha value is -3.24. The van der Waals surface area contributed by atoms with Crippen molar-refractivity contribution in [1.29, 1.82) is 0 Å². The van der Waals surface area contributed by atoms with E-state index in [1.54, 1.807) is 0 Å². The van der Waals surface area contributed by atoms with Gasteiger partial charge < -0.3 is 0 Å². The Kier molecular flexibility index (Phi) is 6.16. The highest BCUT2D eigenvalue weighted by Crippen LogP contribution is 2.27. The number of hydrogen-bond acceptors (Lipinski definition) is 6. The summed E-state index contributed by atoms with van der Waals surface area (Å²) in [6.45, 7) is 6.32. The summed E-state index contributed by atoms with van der Waals surface area (Å²) < 4.78 is 65.4. The summed E-state index contributed by atoms with van der Waals surface area (Å²) in [6.07, 6.45) is 2.50. The molecule has 0 saturated carbocycles. The molecule has 2 aromatic carbocycles. The van der Waals surface area contributed by atoms with Gasteiger partial charge in [0.2, 0.25) is 0 Å². The molecule has 0 aliphatic carbocycles. The Bertz CT molecular complexity index is 1170. The minimum absolute atomic E-state index is 0.0494. The predicted molar refractivity (Wildman–Crippen MR) is 100 cm³/mol. The normalized spacial score (nSPS) is 11.6. The van der Waals surface area contributed by atoms with Crippen LogP contribution in [0.2, 0.25) is 0 Å². The van der Waals surface area contributed by atoms with Crippen molar-refractivity contribution in [3.8, 4) is 0 Å². The smallest absolute Gasteiger partial charge is 0.282 e. The van der Waals surface area contributed by atoms with Crippen molar-refractivity contribution in [3.05, 3.63) is 47.5 Å². The fourth-order valence-corrected chi connectivity index (χ4v) is 3.64. The second-order valence-electron chi connectivity index (χ2n) is 5.21. The van der Waals surface area contributed by atoms with Gasteiger partial charge in [-0.1, -0.05) is 24.3 Å². The van der Waals surface area contributed by atoms with Crippen LogP contribution in [0.1, 0.15) is 11.1 Å². The van der Waals surface area contributed by atoms with Crippen LogP contribution >= 0.6 is 0 Å². The van der Waals surface area contributed by atoms with E-state index in [2.05, 4.69) is 33.2 Å². The van der Waals surface area contributed by atoms with E-state index in [9.17, 15) is 25.9 Å². The SMILES string of the molecule is C=[N+]=Nc1ccc(/C=C/c2ccc(N=[N+]=C)cc2S(=O)(=O)O)c(S(=O)(=O)O)c1. The maximum Gasteiger partial charge on any atom is 0.296 e. The average Bonchev–Trinajstić information content (AvgIpc) is 2.60. The van der Waals surface area contributed by atoms with Crippen LogP contribution in [-0.2, 0) is 20.2 Å². The third-order valence-corrected chi connectivity index (χ3v) is 5.18. The first kappa shape index (κ1) is 21.1. The molecule has 0 spiro atoms. The molecule has 0 aliphatic rings. The average molecular weight is 422 g/mol. The summed E-state index contributed by atoms with van der Waals surface area (Å²) in [5.74, 6) is 0. The first-order valence-corrected chi connectivity index (χ1v) is 10.2. The standard InChI is InChI=1S/C16H12N4O6S2/c1-17-19-13-7-5-11(15(9-13)27(21,22)23)3-4-12-6-8-14(20-18-2)10-16(12)28(24,25)26/h3-10H,1-2H2/p+2. The van der Waals surface area contributed by atoms with Gasteiger partial charge in [0.15, 0.2) is 0 Å². The van der Waals surface area contributed by atoms with Crippen molar-refractivity contribution in [2.24, 2.45) is 10.2 Å². The molecular formula is C16H14N4O6S2+2. The predicted octanol–water partition coefficient (Wildman–Crippen LogP) is 2.34. The highest BCUT2D eigenvalue weighted by atomic mass is 32.2. The maximum atomic E-state index is 11.6. The zero-order valence-corrected chi connectivity index (χ0v) is 15.8. The second kappa shape index (κ2) is 8.19. The van der Waals surface area contributed by atoms with Gasteiger partial charge in [-0.05, 0) is 35.4 Å². The zero-order chi connectivity index (χ0) is 20.9. The minimum atomic E-state index is -4.61. The molecule has 144 valence electrons. The fourth-order valence-electron chi connectivity index (χ4n) is 2.24. The lowest BCUT2D eigenvalue weighted by Crippen LogP contribution is -2.01. The van der Waals surface area contributed by atoms with Gasteiger partial charge in [-0.2, -0.15) is 16.8 Å². The van der Waals surface area contributed by atoms with Gasteiger partial charge in [-0.3, -0.25) is 9.11 Å². The van der Waals surface area contributed by atoms with Gasteiger partial charge in [-0.15, -0.1) is 0 Å². The van der Waals surface area contributed by atoms with Gasteiger partial charge in [-0.25, -0.2) is 0 Å². The van der Waals surface area contributed by atoms with Crippen LogP contribution in [0.25, 0.3) is 12.2 Å². The minimum Gasteiger partial charge on any atom is -0.282 e. The van der Waals surface area contributed by atoms with Crippen LogP contribution in [-0.4, -0.2) is 49.0 Å². The molecule has 2 N–H and O–H groups in total. The molecule has 0 atom stereocenters. The molecular weight excluding hydrogens is 408 g/mol. The first-order valence-electron chi connectivity index (χ1n) is 7.31. The third kappa shape index (κ3) is 5.15. The van der Waals surface area contributed by atoms with Crippen LogP contribution in [0.4, 0.5) is 11.4 Å². The number of nitrogens with zero attached hydrogens (tertiary/aromatic N) is 4. The van der Waals surface area contributed by atoms with Gasteiger partial charge >= 0.3 is 0 Å². The van der Waals surface area contributed by atoms with Crippen LogP contribution in [0.3, 0.4) is 0 Å². The highest BCUT2D eigenvalue weighted by molar-refractivity contribution is 7.86. The van der Waals surface area contributed by atoms with E-state index >= 15 is 0 Å². The summed E-state index contributed by atoms with van der Waals surface area (Å²) in [7, 11) is -9.21. The van der Waals surface area contributed by atoms with Crippen molar-refractivity contribution >= 4 is 57.2 Å². The molecule has 0 unspecified atom stereocenters. The molecule has 12 heteroatoms. The summed E-state index contributed by atoms with van der Waals surface area (Å²) >= 11 is 0.